The highest BCUT2D eigenvalue weighted by molar-refractivity contribution is 5.49. The Morgan fingerprint density at radius 3 is 2.45 bits per heavy atom. The van der Waals surface area contributed by atoms with Crippen molar-refractivity contribution in [3.8, 4) is 12.3 Å². The summed E-state index contributed by atoms with van der Waals surface area (Å²) < 4.78 is 10.3. The smallest absolute Gasteiger partial charge is 0.279 e. The van der Waals surface area contributed by atoms with Crippen molar-refractivity contribution in [3.63, 3.8) is 0 Å². The molecule has 0 aliphatic heterocycles. The van der Waals surface area contributed by atoms with Crippen LogP contribution in [-0.2, 0) is 15.9 Å². The quantitative estimate of drug-likeness (QED) is 0.284. The molecule has 1 aromatic rings. The number of nitro benzene ring substituents is 2. The Balaban J connectivity index is 2.44. The number of ether oxygens (including phenoxy) is 2. The summed E-state index contributed by atoms with van der Waals surface area (Å²) in [6.07, 6.45) is 5.98. The van der Waals surface area contributed by atoms with E-state index in [1.54, 1.807) is 0 Å². The predicted molar refractivity (Wildman–Crippen MR) is 78.5 cm³/mol. The van der Waals surface area contributed by atoms with Gasteiger partial charge in [0.1, 0.15) is 6.61 Å². The van der Waals surface area contributed by atoms with E-state index in [4.69, 9.17) is 15.9 Å². The molecule has 0 radical (unpaired) electrons. The van der Waals surface area contributed by atoms with Crippen LogP contribution in [0.3, 0.4) is 0 Å². The van der Waals surface area contributed by atoms with Crippen LogP contribution in [0.15, 0.2) is 18.2 Å². The Kier molecular flexibility index (Phi) is 7.53. The molecule has 22 heavy (non-hydrogen) atoms. The third-order valence-corrected chi connectivity index (χ3v) is 2.77. The lowest BCUT2D eigenvalue weighted by atomic mass is 10.1. The maximum Gasteiger partial charge on any atom is 0.279 e. The number of hydrogen-bond acceptors (Lipinski definition) is 6. The maximum atomic E-state index is 11.0. The van der Waals surface area contributed by atoms with E-state index in [0.29, 0.717) is 38.2 Å². The molecular weight excluding hydrogens is 292 g/mol. The van der Waals surface area contributed by atoms with Gasteiger partial charge < -0.3 is 9.47 Å². The second-order valence-corrected chi connectivity index (χ2v) is 4.30. The third-order valence-electron chi connectivity index (χ3n) is 2.77. The molecule has 8 nitrogen and oxygen atoms in total. The fourth-order valence-electron chi connectivity index (χ4n) is 1.76. The molecule has 0 unspecified atom stereocenters. The number of rotatable bonds is 10. The molecule has 0 bridgehead atoms. The van der Waals surface area contributed by atoms with Gasteiger partial charge in [0.05, 0.1) is 29.1 Å². The highest BCUT2D eigenvalue weighted by Gasteiger charge is 2.18. The third kappa shape index (κ3) is 5.87. The molecule has 0 aromatic heterocycles. The first-order valence-corrected chi connectivity index (χ1v) is 6.57. The molecule has 1 rings (SSSR count). The van der Waals surface area contributed by atoms with Gasteiger partial charge in [-0.3, -0.25) is 20.2 Å². The van der Waals surface area contributed by atoms with E-state index in [1.807, 2.05) is 0 Å². The summed E-state index contributed by atoms with van der Waals surface area (Å²) in [6, 6.07) is 3.65. The molecule has 0 aliphatic rings. The second kappa shape index (κ2) is 9.44. The zero-order valence-corrected chi connectivity index (χ0v) is 11.9. The van der Waals surface area contributed by atoms with Crippen molar-refractivity contribution in [2.24, 2.45) is 0 Å². The minimum Gasteiger partial charge on any atom is -0.379 e. The highest BCUT2D eigenvalue weighted by atomic mass is 16.6. The fourth-order valence-corrected chi connectivity index (χ4v) is 1.76. The summed E-state index contributed by atoms with van der Waals surface area (Å²) in [5.41, 5.74) is -0.0910. The van der Waals surface area contributed by atoms with Crippen LogP contribution in [0, 0.1) is 32.6 Å². The summed E-state index contributed by atoms with van der Waals surface area (Å²) in [7, 11) is 0. The molecule has 0 saturated heterocycles. The van der Waals surface area contributed by atoms with Crippen molar-refractivity contribution in [2.45, 2.75) is 12.8 Å². The largest absolute Gasteiger partial charge is 0.379 e. The number of hydrogen-bond donors (Lipinski definition) is 0. The topological polar surface area (TPSA) is 105 Å². The minimum absolute atomic E-state index is 0.234. The molecule has 0 amide bonds. The lowest BCUT2D eigenvalue weighted by molar-refractivity contribution is -0.394. The van der Waals surface area contributed by atoms with Gasteiger partial charge in [0.25, 0.3) is 11.4 Å². The standard InChI is InChI=1S/C14H16N2O6/c1-2-7-21-9-10-22-8-3-4-12-5-6-13(15(17)18)11-14(12)16(19)20/h1,5-6,11H,3-4,7-10H2. The summed E-state index contributed by atoms with van der Waals surface area (Å²) in [6.45, 7) is 1.43. The van der Waals surface area contributed by atoms with E-state index in [-0.39, 0.29) is 18.0 Å². The van der Waals surface area contributed by atoms with Crippen molar-refractivity contribution < 1.29 is 19.3 Å². The summed E-state index contributed by atoms with van der Waals surface area (Å²) in [5.74, 6) is 2.33. The number of non-ortho nitro benzene ring substituents is 1. The number of nitro groups is 2. The predicted octanol–water partition coefficient (Wildman–Crippen LogP) is 2.10. The molecule has 0 aliphatic carbocycles. The van der Waals surface area contributed by atoms with E-state index >= 15 is 0 Å². The molecule has 0 atom stereocenters. The summed E-state index contributed by atoms with van der Waals surface area (Å²) in [4.78, 5) is 20.3. The van der Waals surface area contributed by atoms with E-state index < -0.39 is 9.85 Å². The van der Waals surface area contributed by atoms with Gasteiger partial charge in [-0.1, -0.05) is 5.92 Å². The molecular formula is C14H16N2O6. The normalized spacial score (nSPS) is 10.1. The van der Waals surface area contributed by atoms with E-state index in [9.17, 15) is 20.2 Å². The highest BCUT2D eigenvalue weighted by Crippen LogP contribution is 2.25. The molecule has 0 spiro atoms. The van der Waals surface area contributed by atoms with Gasteiger partial charge in [0, 0.05) is 18.2 Å². The fraction of sp³-hybridized carbons (Fsp3) is 0.429. The van der Waals surface area contributed by atoms with Crippen molar-refractivity contribution >= 4 is 11.4 Å². The average Bonchev–Trinajstić information content (AvgIpc) is 2.49. The maximum absolute atomic E-state index is 11.0. The van der Waals surface area contributed by atoms with E-state index in [1.165, 1.54) is 12.1 Å². The van der Waals surface area contributed by atoms with Crippen molar-refractivity contribution in [1.82, 2.24) is 0 Å². The molecule has 1 aromatic carbocycles. The van der Waals surface area contributed by atoms with E-state index in [2.05, 4.69) is 5.92 Å². The van der Waals surface area contributed by atoms with Crippen LogP contribution < -0.4 is 0 Å². The van der Waals surface area contributed by atoms with Crippen molar-refractivity contribution in [2.75, 3.05) is 26.4 Å². The van der Waals surface area contributed by atoms with Crippen LogP contribution in [0.1, 0.15) is 12.0 Å². The van der Waals surface area contributed by atoms with Crippen LogP contribution in [0.25, 0.3) is 0 Å². The second-order valence-electron chi connectivity index (χ2n) is 4.30. The lowest BCUT2D eigenvalue weighted by Gasteiger charge is -2.05. The zero-order valence-electron chi connectivity index (χ0n) is 11.9. The number of benzene rings is 1. The molecule has 0 N–H and O–H groups in total. The SMILES string of the molecule is C#CCOCCOCCCc1ccc([N+](=O)[O-])cc1[N+](=O)[O-]. The van der Waals surface area contributed by atoms with E-state index in [0.717, 1.165) is 6.07 Å². The van der Waals surface area contributed by atoms with Gasteiger partial charge in [-0.25, -0.2) is 0 Å². The Morgan fingerprint density at radius 1 is 1.09 bits per heavy atom. The molecule has 0 fully saturated rings. The summed E-state index contributed by atoms with van der Waals surface area (Å²) >= 11 is 0. The van der Waals surface area contributed by atoms with Gasteiger partial charge in [-0.05, 0) is 18.9 Å². The summed E-state index contributed by atoms with van der Waals surface area (Å²) in [5, 5.41) is 21.6. The van der Waals surface area contributed by atoms with Gasteiger partial charge >= 0.3 is 0 Å². The van der Waals surface area contributed by atoms with Gasteiger partial charge in [0.2, 0.25) is 0 Å². The Bertz CT molecular complexity index is 567. The average molecular weight is 308 g/mol. The lowest BCUT2D eigenvalue weighted by Crippen LogP contribution is -2.06. The Labute approximate surface area is 127 Å². The van der Waals surface area contributed by atoms with Crippen LogP contribution in [0.2, 0.25) is 0 Å². The first kappa shape index (κ1) is 17.6. The number of nitrogens with zero attached hydrogens (tertiary/aromatic N) is 2. The van der Waals surface area contributed by atoms with Crippen molar-refractivity contribution in [3.05, 3.63) is 44.0 Å². The molecule has 8 heteroatoms. The molecule has 0 saturated carbocycles. The van der Waals surface area contributed by atoms with Crippen LogP contribution in [0.5, 0.6) is 0 Å². The Morgan fingerprint density at radius 2 is 1.82 bits per heavy atom. The first-order valence-electron chi connectivity index (χ1n) is 6.57. The minimum atomic E-state index is -0.657. The van der Waals surface area contributed by atoms with Crippen LogP contribution in [-0.4, -0.2) is 36.3 Å². The Hall–Kier alpha value is -2.50. The van der Waals surface area contributed by atoms with Gasteiger partial charge in [0.15, 0.2) is 0 Å². The zero-order chi connectivity index (χ0) is 16.4. The first-order chi connectivity index (χ1) is 10.6. The molecule has 0 heterocycles. The monoisotopic (exact) mass is 308 g/mol. The van der Waals surface area contributed by atoms with Crippen LogP contribution >= 0.6 is 0 Å². The number of aryl methyl sites for hydroxylation is 1. The van der Waals surface area contributed by atoms with Crippen molar-refractivity contribution in [1.29, 1.82) is 0 Å². The molecule has 118 valence electrons. The van der Waals surface area contributed by atoms with Crippen LogP contribution in [0.4, 0.5) is 11.4 Å². The van der Waals surface area contributed by atoms with Gasteiger partial charge in [-0.2, -0.15) is 0 Å². The van der Waals surface area contributed by atoms with Gasteiger partial charge in [-0.15, -0.1) is 6.42 Å². The number of terminal acetylenes is 1.